The molecular formula is C27H33Cl2NO6S. The smallest absolute Gasteiger partial charge is 0.306 e. The molecule has 1 N–H and O–H groups in total. The van der Waals surface area contributed by atoms with Crippen LogP contribution in [-0.4, -0.2) is 52.9 Å². The van der Waals surface area contributed by atoms with E-state index >= 15 is 0 Å². The van der Waals surface area contributed by atoms with Gasteiger partial charge in [-0.2, -0.15) is 0 Å². The Morgan fingerprint density at radius 3 is 2.27 bits per heavy atom. The molecule has 0 saturated carbocycles. The molecule has 0 aromatic heterocycles. The molecule has 2 aromatic rings. The fraction of sp³-hybridized carbons (Fsp3) is 0.481. The molecule has 1 aliphatic heterocycles. The SMILES string of the molecule is CCC(CCS(=O)(=O)C(C)(C)C)N1C(=O)C(CC(=O)O)O[C@H](c2cccc(Cl)c2)[C@H]1c1ccc(Cl)cc1. The summed E-state index contributed by atoms with van der Waals surface area (Å²) in [7, 11) is -3.45. The molecule has 37 heavy (non-hydrogen) atoms. The van der Waals surface area contributed by atoms with Crippen LogP contribution >= 0.6 is 23.2 Å². The van der Waals surface area contributed by atoms with Gasteiger partial charge in [-0.15, -0.1) is 0 Å². The summed E-state index contributed by atoms with van der Waals surface area (Å²) < 4.78 is 31.1. The second-order valence-corrected chi connectivity index (χ2v) is 14.0. The lowest BCUT2D eigenvalue weighted by Gasteiger charge is -2.48. The van der Waals surface area contributed by atoms with Crippen LogP contribution in [0, 0.1) is 0 Å². The number of amides is 1. The molecule has 0 spiro atoms. The Labute approximate surface area is 228 Å². The first-order valence-electron chi connectivity index (χ1n) is 12.2. The lowest BCUT2D eigenvalue weighted by Crippen LogP contribution is -2.55. The molecule has 202 valence electrons. The van der Waals surface area contributed by atoms with E-state index in [4.69, 9.17) is 27.9 Å². The maximum absolute atomic E-state index is 13.8. The van der Waals surface area contributed by atoms with Gasteiger partial charge in [0.15, 0.2) is 9.84 Å². The molecule has 2 aromatic carbocycles. The van der Waals surface area contributed by atoms with Gasteiger partial charge in [-0.05, 0) is 69.0 Å². The second kappa shape index (κ2) is 11.7. The third-order valence-electron chi connectivity index (χ3n) is 6.69. The van der Waals surface area contributed by atoms with Crippen LogP contribution in [-0.2, 0) is 24.2 Å². The van der Waals surface area contributed by atoms with Gasteiger partial charge in [-0.25, -0.2) is 8.42 Å². The molecule has 1 heterocycles. The third kappa shape index (κ3) is 6.85. The predicted molar refractivity (Wildman–Crippen MR) is 145 cm³/mol. The van der Waals surface area contributed by atoms with Gasteiger partial charge in [0.2, 0.25) is 0 Å². The zero-order valence-electron chi connectivity index (χ0n) is 21.4. The van der Waals surface area contributed by atoms with Crippen molar-refractivity contribution in [3.63, 3.8) is 0 Å². The summed E-state index contributed by atoms with van der Waals surface area (Å²) in [5, 5.41) is 10.5. The Balaban J connectivity index is 2.14. The first-order valence-corrected chi connectivity index (χ1v) is 14.6. The number of sulfone groups is 1. The minimum absolute atomic E-state index is 0.113. The van der Waals surface area contributed by atoms with Crippen molar-refractivity contribution in [2.75, 3.05) is 5.75 Å². The van der Waals surface area contributed by atoms with E-state index in [0.717, 1.165) is 5.56 Å². The van der Waals surface area contributed by atoms with E-state index in [2.05, 4.69) is 0 Å². The van der Waals surface area contributed by atoms with Gasteiger partial charge in [-0.3, -0.25) is 9.59 Å². The highest BCUT2D eigenvalue weighted by Gasteiger charge is 2.47. The fourth-order valence-electron chi connectivity index (χ4n) is 4.54. The molecule has 4 atom stereocenters. The highest BCUT2D eigenvalue weighted by atomic mass is 35.5. The van der Waals surface area contributed by atoms with Crippen molar-refractivity contribution >= 4 is 44.9 Å². The zero-order valence-corrected chi connectivity index (χ0v) is 23.7. The van der Waals surface area contributed by atoms with Gasteiger partial charge >= 0.3 is 5.97 Å². The number of carboxylic acid groups (broad SMARTS) is 1. The van der Waals surface area contributed by atoms with Crippen LogP contribution < -0.4 is 0 Å². The van der Waals surface area contributed by atoms with Crippen molar-refractivity contribution in [2.24, 2.45) is 0 Å². The van der Waals surface area contributed by atoms with Crippen LogP contribution in [0.3, 0.4) is 0 Å². The van der Waals surface area contributed by atoms with E-state index in [1.54, 1.807) is 68.1 Å². The first kappa shape index (κ1) is 29.4. The van der Waals surface area contributed by atoms with E-state index in [1.807, 2.05) is 13.0 Å². The summed E-state index contributed by atoms with van der Waals surface area (Å²) in [6, 6.07) is 12.9. The summed E-state index contributed by atoms with van der Waals surface area (Å²) >= 11 is 12.4. The topological polar surface area (TPSA) is 101 Å². The minimum atomic E-state index is -3.45. The number of aliphatic carboxylic acids is 1. The van der Waals surface area contributed by atoms with Crippen molar-refractivity contribution < 1.29 is 27.9 Å². The molecule has 1 fully saturated rings. The molecule has 1 saturated heterocycles. The van der Waals surface area contributed by atoms with Crippen LogP contribution in [0.15, 0.2) is 48.5 Å². The van der Waals surface area contributed by atoms with Crippen LogP contribution in [0.5, 0.6) is 0 Å². The number of rotatable bonds is 9. The largest absolute Gasteiger partial charge is 0.481 e. The van der Waals surface area contributed by atoms with Gasteiger partial charge in [0.05, 0.1) is 23.0 Å². The number of ether oxygens (including phenoxy) is 1. The Hall–Kier alpha value is -2.13. The van der Waals surface area contributed by atoms with E-state index < -0.39 is 57.2 Å². The number of carboxylic acids is 1. The normalized spacial score (nSPS) is 21.6. The quantitative estimate of drug-likeness (QED) is 0.405. The molecule has 7 nitrogen and oxygen atoms in total. The van der Waals surface area contributed by atoms with Gasteiger partial charge in [0.1, 0.15) is 12.2 Å². The average Bonchev–Trinajstić information content (AvgIpc) is 2.81. The number of carbonyl (C=O) groups is 2. The first-order chi connectivity index (χ1) is 17.2. The maximum Gasteiger partial charge on any atom is 0.306 e. The zero-order chi connectivity index (χ0) is 27.5. The van der Waals surface area contributed by atoms with Crippen molar-refractivity contribution in [1.29, 1.82) is 0 Å². The summed E-state index contributed by atoms with van der Waals surface area (Å²) in [5.41, 5.74) is 1.41. The third-order valence-corrected chi connectivity index (χ3v) is 9.82. The van der Waals surface area contributed by atoms with E-state index in [0.29, 0.717) is 22.0 Å². The van der Waals surface area contributed by atoms with Gasteiger partial charge in [0.25, 0.3) is 5.91 Å². The molecular weight excluding hydrogens is 537 g/mol. The molecule has 1 amide bonds. The summed E-state index contributed by atoms with van der Waals surface area (Å²) in [6.45, 7) is 6.84. The van der Waals surface area contributed by atoms with Crippen LogP contribution in [0.2, 0.25) is 10.0 Å². The number of benzene rings is 2. The van der Waals surface area contributed by atoms with Crippen LogP contribution in [0.1, 0.15) is 70.2 Å². The van der Waals surface area contributed by atoms with E-state index in [1.165, 1.54) is 0 Å². The Morgan fingerprint density at radius 2 is 1.73 bits per heavy atom. The van der Waals surface area contributed by atoms with E-state index in [-0.39, 0.29) is 12.2 Å². The standard InChI is InChI=1S/C27H33Cl2NO6S/c1-5-21(13-14-37(34,35)27(2,3)4)30-24(17-9-11-19(28)12-10-17)25(18-7-6-8-20(29)15-18)36-22(26(30)33)16-23(31)32/h6-12,15,21-22,24-25H,5,13-14,16H2,1-4H3,(H,31,32)/t21?,22?,24-,25-/m1/s1. The maximum atomic E-state index is 13.8. The van der Waals surface area contributed by atoms with Crippen LogP contribution in [0.25, 0.3) is 0 Å². The number of nitrogens with zero attached hydrogens (tertiary/aromatic N) is 1. The van der Waals surface area contributed by atoms with E-state index in [9.17, 15) is 23.1 Å². The second-order valence-electron chi connectivity index (χ2n) is 10.2. The van der Waals surface area contributed by atoms with Crippen molar-refractivity contribution in [3.8, 4) is 0 Å². The van der Waals surface area contributed by atoms with Crippen LogP contribution in [0.4, 0.5) is 0 Å². The van der Waals surface area contributed by atoms with Gasteiger partial charge < -0.3 is 14.7 Å². The number of hydrogen-bond acceptors (Lipinski definition) is 5. The lowest BCUT2D eigenvalue weighted by atomic mass is 9.89. The molecule has 0 radical (unpaired) electrons. The minimum Gasteiger partial charge on any atom is -0.481 e. The molecule has 0 bridgehead atoms. The summed E-state index contributed by atoms with van der Waals surface area (Å²) in [6.07, 6.45) is -1.82. The molecule has 1 aliphatic rings. The number of halogens is 2. The predicted octanol–water partition coefficient (Wildman–Crippen LogP) is 5.86. The molecule has 3 rings (SSSR count). The Morgan fingerprint density at radius 1 is 1.08 bits per heavy atom. The van der Waals surface area contributed by atoms with Crippen molar-refractivity contribution in [3.05, 3.63) is 69.7 Å². The van der Waals surface area contributed by atoms with Gasteiger partial charge in [-0.1, -0.05) is 54.4 Å². The summed E-state index contributed by atoms with van der Waals surface area (Å²) in [4.78, 5) is 27.1. The number of hydrogen-bond donors (Lipinski definition) is 1. The Bertz CT molecular complexity index is 1230. The highest BCUT2D eigenvalue weighted by molar-refractivity contribution is 7.92. The van der Waals surface area contributed by atoms with Gasteiger partial charge in [0, 0.05) is 16.1 Å². The average molecular weight is 571 g/mol. The summed E-state index contributed by atoms with van der Waals surface area (Å²) in [5.74, 6) is -1.77. The lowest BCUT2D eigenvalue weighted by molar-refractivity contribution is -0.183. The number of morpholine rings is 1. The molecule has 2 unspecified atom stereocenters. The van der Waals surface area contributed by atoms with Crippen molar-refractivity contribution in [2.45, 2.75) is 76.0 Å². The molecule has 10 heteroatoms. The highest BCUT2D eigenvalue weighted by Crippen LogP contribution is 2.45. The number of carbonyl (C=O) groups excluding carboxylic acids is 1. The Kier molecular flexibility index (Phi) is 9.32. The molecule has 0 aliphatic carbocycles. The van der Waals surface area contributed by atoms with Crippen molar-refractivity contribution in [1.82, 2.24) is 4.90 Å². The monoisotopic (exact) mass is 569 g/mol. The fourth-order valence-corrected chi connectivity index (χ4v) is 6.06.